The molecule has 0 atom stereocenters. The van der Waals surface area contributed by atoms with Crippen molar-refractivity contribution in [1.82, 2.24) is 14.8 Å². The highest BCUT2D eigenvalue weighted by molar-refractivity contribution is 5.96. The second kappa shape index (κ2) is 5.29. The van der Waals surface area contributed by atoms with Crippen LogP contribution in [0.3, 0.4) is 0 Å². The standard InChI is InChI=1S/C16H17FN4O/c1-9-12(13-6-11(17)4-5-14(13)18-9)7-16(22)19-15-8-21(3)20-10(15)2/h4-6,8,18H,7H2,1-3H3,(H,19,22). The number of aryl methyl sites for hydroxylation is 3. The summed E-state index contributed by atoms with van der Waals surface area (Å²) >= 11 is 0. The second-order valence-corrected chi connectivity index (χ2v) is 5.45. The first-order chi connectivity index (χ1) is 10.4. The van der Waals surface area contributed by atoms with E-state index in [-0.39, 0.29) is 18.1 Å². The summed E-state index contributed by atoms with van der Waals surface area (Å²) < 4.78 is 15.1. The van der Waals surface area contributed by atoms with Crippen molar-refractivity contribution in [2.24, 2.45) is 7.05 Å². The molecular formula is C16H17FN4O. The average Bonchev–Trinajstić information content (AvgIpc) is 2.91. The topological polar surface area (TPSA) is 62.7 Å². The Balaban J connectivity index is 1.86. The molecule has 0 spiro atoms. The molecule has 22 heavy (non-hydrogen) atoms. The van der Waals surface area contributed by atoms with Gasteiger partial charge in [-0.05, 0) is 37.6 Å². The number of benzene rings is 1. The molecule has 3 rings (SSSR count). The molecule has 0 radical (unpaired) electrons. The normalized spacial score (nSPS) is 11.1. The fraction of sp³-hybridized carbons (Fsp3) is 0.250. The van der Waals surface area contributed by atoms with Crippen LogP contribution in [-0.2, 0) is 18.3 Å². The van der Waals surface area contributed by atoms with E-state index in [2.05, 4.69) is 15.4 Å². The van der Waals surface area contributed by atoms with Gasteiger partial charge in [-0.1, -0.05) is 0 Å². The Labute approximate surface area is 127 Å². The van der Waals surface area contributed by atoms with Gasteiger partial charge < -0.3 is 10.3 Å². The van der Waals surface area contributed by atoms with Gasteiger partial charge in [0, 0.05) is 29.8 Å². The molecule has 114 valence electrons. The molecule has 0 aliphatic rings. The summed E-state index contributed by atoms with van der Waals surface area (Å²) in [5.41, 5.74) is 3.97. The van der Waals surface area contributed by atoms with Crippen LogP contribution < -0.4 is 5.32 Å². The van der Waals surface area contributed by atoms with Crippen LogP contribution in [0.1, 0.15) is 17.0 Å². The number of hydrogen-bond acceptors (Lipinski definition) is 2. The number of rotatable bonds is 3. The van der Waals surface area contributed by atoms with Crippen molar-refractivity contribution in [1.29, 1.82) is 0 Å². The maximum atomic E-state index is 13.4. The maximum absolute atomic E-state index is 13.4. The van der Waals surface area contributed by atoms with Crippen molar-refractivity contribution < 1.29 is 9.18 Å². The summed E-state index contributed by atoms with van der Waals surface area (Å²) in [6, 6.07) is 4.54. The number of carbonyl (C=O) groups is 1. The third-order valence-electron chi connectivity index (χ3n) is 3.71. The number of carbonyl (C=O) groups excluding carboxylic acids is 1. The van der Waals surface area contributed by atoms with Gasteiger partial charge in [0.15, 0.2) is 0 Å². The van der Waals surface area contributed by atoms with Gasteiger partial charge in [-0.15, -0.1) is 0 Å². The van der Waals surface area contributed by atoms with Crippen LogP contribution in [0.5, 0.6) is 0 Å². The molecule has 1 aromatic carbocycles. The minimum atomic E-state index is -0.309. The van der Waals surface area contributed by atoms with Gasteiger partial charge in [-0.2, -0.15) is 5.10 Å². The summed E-state index contributed by atoms with van der Waals surface area (Å²) in [6.07, 6.45) is 1.94. The number of hydrogen-bond donors (Lipinski definition) is 2. The Morgan fingerprint density at radius 2 is 2.18 bits per heavy atom. The molecule has 5 nitrogen and oxygen atoms in total. The molecular weight excluding hydrogens is 283 g/mol. The van der Waals surface area contributed by atoms with Crippen molar-refractivity contribution in [3.63, 3.8) is 0 Å². The number of aromatic nitrogens is 3. The van der Waals surface area contributed by atoms with Gasteiger partial charge >= 0.3 is 0 Å². The molecule has 0 unspecified atom stereocenters. The highest BCUT2D eigenvalue weighted by Crippen LogP contribution is 2.24. The molecule has 0 aliphatic carbocycles. The van der Waals surface area contributed by atoms with Gasteiger partial charge in [-0.3, -0.25) is 9.48 Å². The van der Waals surface area contributed by atoms with Crippen LogP contribution in [0.2, 0.25) is 0 Å². The number of H-pyrrole nitrogens is 1. The fourth-order valence-electron chi connectivity index (χ4n) is 2.66. The molecule has 0 saturated heterocycles. The Morgan fingerprint density at radius 1 is 1.41 bits per heavy atom. The Hall–Kier alpha value is -2.63. The maximum Gasteiger partial charge on any atom is 0.228 e. The molecule has 2 heterocycles. The van der Waals surface area contributed by atoms with E-state index in [4.69, 9.17) is 0 Å². The molecule has 2 N–H and O–H groups in total. The van der Waals surface area contributed by atoms with E-state index < -0.39 is 0 Å². The van der Waals surface area contributed by atoms with Crippen molar-refractivity contribution in [3.8, 4) is 0 Å². The number of amides is 1. The van der Waals surface area contributed by atoms with Crippen molar-refractivity contribution >= 4 is 22.5 Å². The van der Waals surface area contributed by atoms with E-state index in [1.54, 1.807) is 24.0 Å². The Morgan fingerprint density at radius 3 is 2.86 bits per heavy atom. The lowest BCUT2D eigenvalue weighted by Gasteiger charge is -2.04. The van der Waals surface area contributed by atoms with Gasteiger partial charge in [0.1, 0.15) is 5.82 Å². The van der Waals surface area contributed by atoms with Crippen molar-refractivity contribution in [3.05, 3.63) is 47.2 Å². The summed E-state index contributed by atoms with van der Waals surface area (Å²) in [5.74, 6) is -0.458. The summed E-state index contributed by atoms with van der Waals surface area (Å²) in [5, 5.41) is 7.78. The quantitative estimate of drug-likeness (QED) is 0.781. The van der Waals surface area contributed by atoms with E-state index in [1.165, 1.54) is 12.1 Å². The molecule has 0 fully saturated rings. The number of nitrogens with one attached hydrogen (secondary N) is 2. The van der Waals surface area contributed by atoms with E-state index in [9.17, 15) is 9.18 Å². The molecule has 0 saturated carbocycles. The zero-order valence-corrected chi connectivity index (χ0v) is 12.7. The SMILES string of the molecule is Cc1nn(C)cc1NC(=O)Cc1c(C)[nH]c2ccc(F)cc12. The highest BCUT2D eigenvalue weighted by Gasteiger charge is 2.14. The smallest absolute Gasteiger partial charge is 0.228 e. The third-order valence-corrected chi connectivity index (χ3v) is 3.71. The second-order valence-electron chi connectivity index (χ2n) is 5.45. The van der Waals surface area contributed by atoms with Crippen molar-refractivity contribution in [2.75, 3.05) is 5.32 Å². The molecule has 0 aliphatic heterocycles. The minimum Gasteiger partial charge on any atom is -0.358 e. The Kier molecular flexibility index (Phi) is 3.44. The van der Waals surface area contributed by atoms with E-state index >= 15 is 0 Å². The van der Waals surface area contributed by atoms with Crippen LogP contribution in [0.25, 0.3) is 10.9 Å². The number of halogens is 1. The fourth-order valence-corrected chi connectivity index (χ4v) is 2.66. The van der Waals surface area contributed by atoms with Crippen LogP contribution in [0.4, 0.5) is 10.1 Å². The lowest BCUT2D eigenvalue weighted by molar-refractivity contribution is -0.115. The number of nitrogens with zero attached hydrogens (tertiary/aromatic N) is 2. The third kappa shape index (κ3) is 2.59. The molecule has 3 aromatic rings. The van der Waals surface area contributed by atoms with Crippen LogP contribution in [0, 0.1) is 19.7 Å². The lowest BCUT2D eigenvalue weighted by Crippen LogP contribution is -2.15. The van der Waals surface area contributed by atoms with Crippen LogP contribution in [0.15, 0.2) is 24.4 Å². The summed E-state index contributed by atoms with van der Waals surface area (Å²) in [6.45, 7) is 3.72. The first kappa shape index (κ1) is 14.3. The molecule has 0 bridgehead atoms. The predicted octanol–water partition coefficient (Wildman–Crippen LogP) is 2.84. The zero-order valence-electron chi connectivity index (χ0n) is 12.7. The minimum absolute atomic E-state index is 0.149. The van der Waals surface area contributed by atoms with Gasteiger partial charge in [0.2, 0.25) is 5.91 Å². The largest absolute Gasteiger partial charge is 0.358 e. The van der Waals surface area contributed by atoms with E-state index in [1.807, 2.05) is 13.8 Å². The highest BCUT2D eigenvalue weighted by atomic mass is 19.1. The van der Waals surface area contributed by atoms with Gasteiger partial charge in [0.25, 0.3) is 0 Å². The van der Waals surface area contributed by atoms with Crippen LogP contribution >= 0.6 is 0 Å². The molecule has 2 aromatic heterocycles. The molecule has 6 heteroatoms. The summed E-state index contributed by atoms with van der Waals surface area (Å²) in [4.78, 5) is 15.4. The number of anilines is 1. The predicted molar refractivity (Wildman–Crippen MR) is 83.3 cm³/mol. The van der Waals surface area contributed by atoms with Gasteiger partial charge in [0.05, 0.1) is 17.8 Å². The average molecular weight is 300 g/mol. The van der Waals surface area contributed by atoms with Gasteiger partial charge in [-0.25, -0.2) is 4.39 Å². The number of aromatic amines is 1. The van der Waals surface area contributed by atoms with E-state index in [0.717, 1.165) is 27.9 Å². The van der Waals surface area contributed by atoms with E-state index in [0.29, 0.717) is 5.69 Å². The lowest BCUT2D eigenvalue weighted by atomic mass is 10.1. The first-order valence-corrected chi connectivity index (χ1v) is 7.01. The Bertz CT molecular complexity index is 863. The van der Waals surface area contributed by atoms with Crippen molar-refractivity contribution in [2.45, 2.75) is 20.3 Å². The molecule has 1 amide bonds. The zero-order chi connectivity index (χ0) is 15.9. The monoisotopic (exact) mass is 300 g/mol. The summed E-state index contributed by atoms with van der Waals surface area (Å²) in [7, 11) is 1.80. The van der Waals surface area contributed by atoms with Crippen LogP contribution in [-0.4, -0.2) is 20.7 Å². The number of fused-ring (bicyclic) bond motifs is 1. The first-order valence-electron chi connectivity index (χ1n) is 7.01.